The molecular weight excluding hydrogens is 271 g/mol. The lowest BCUT2D eigenvalue weighted by Crippen LogP contribution is -2.48. The zero-order chi connectivity index (χ0) is 15.2. The molecule has 0 saturated carbocycles. The van der Waals surface area contributed by atoms with Crippen molar-refractivity contribution in [2.24, 2.45) is 5.73 Å². The molecule has 0 saturated heterocycles. The Kier molecular flexibility index (Phi) is 6.29. The lowest BCUT2D eigenvalue weighted by atomic mass is 10.1. The first-order valence-corrected chi connectivity index (χ1v) is 6.45. The van der Waals surface area contributed by atoms with Gasteiger partial charge in [0.1, 0.15) is 5.75 Å². The fourth-order valence-corrected chi connectivity index (χ4v) is 1.71. The lowest BCUT2D eigenvalue weighted by molar-refractivity contribution is -0.200. The third-order valence-corrected chi connectivity index (χ3v) is 2.96. The van der Waals surface area contributed by atoms with Crippen molar-refractivity contribution in [3.63, 3.8) is 0 Å². The van der Waals surface area contributed by atoms with Gasteiger partial charge >= 0.3 is 6.18 Å². The Hall–Kier alpha value is -1.27. The number of methoxy groups -OCH3 is 1. The average molecular weight is 291 g/mol. The Bertz CT molecular complexity index is 392. The topological polar surface area (TPSA) is 44.5 Å². The van der Waals surface area contributed by atoms with Crippen LogP contribution in [0.3, 0.4) is 0 Å². The Morgan fingerprint density at radius 1 is 1.20 bits per heavy atom. The highest BCUT2D eigenvalue weighted by Gasteiger charge is 2.45. The van der Waals surface area contributed by atoms with E-state index in [0.29, 0.717) is 13.0 Å². The molecule has 0 spiro atoms. The van der Waals surface area contributed by atoms with Crippen molar-refractivity contribution in [3.05, 3.63) is 29.8 Å². The maximum absolute atomic E-state index is 12.9. The summed E-state index contributed by atoms with van der Waals surface area (Å²) in [6, 6.07) is 5.40. The second-order valence-electron chi connectivity index (χ2n) is 4.54. The van der Waals surface area contributed by atoms with Gasteiger partial charge in [-0.2, -0.15) is 13.2 Å². The fourth-order valence-electron chi connectivity index (χ4n) is 1.71. The molecule has 3 nitrogen and oxygen atoms in total. The first-order valence-electron chi connectivity index (χ1n) is 6.45. The molecule has 1 rings (SSSR count). The molecule has 2 atom stereocenters. The summed E-state index contributed by atoms with van der Waals surface area (Å²) in [7, 11) is 1.59. The van der Waals surface area contributed by atoms with Crippen LogP contribution in [0.5, 0.6) is 5.75 Å². The molecule has 1 aromatic carbocycles. The van der Waals surface area contributed by atoms with E-state index in [2.05, 4.69) is 0 Å². The highest BCUT2D eigenvalue weighted by Crippen LogP contribution is 2.28. The van der Waals surface area contributed by atoms with Crippen LogP contribution in [0.1, 0.15) is 18.9 Å². The zero-order valence-electron chi connectivity index (χ0n) is 11.6. The second kappa shape index (κ2) is 7.50. The van der Waals surface area contributed by atoms with Gasteiger partial charge in [0.2, 0.25) is 6.10 Å². The fraction of sp³-hybridized carbons (Fsp3) is 0.571. The van der Waals surface area contributed by atoms with E-state index in [0.717, 1.165) is 5.56 Å². The molecule has 1 aromatic rings. The standard InChI is InChI=1S/C14H20F3NO2/c1-3-12(18)13(14(15,16)17)20-11-6-4-10(5-7-11)8-9-19-2/h4-7,12-13H,3,8-9,18H2,1-2H3. The number of rotatable bonds is 7. The highest BCUT2D eigenvalue weighted by atomic mass is 19.4. The summed E-state index contributed by atoms with van der Waals surface area (Å²) in [5, 5.41) is 0. The molecule has 0 aliphatic rings. The minimum Gasteiger partial charge on any atom is -0.479 e. The van der Waals surface area contributed by atoms with Crippen molar-refractivity contribution >= 4 is 0 Å². The Morgan fingerprint density at radius 2 is 1.80 bits per heavy atom. The van der Waals surface area contributed by atoms with Crippen LogP contribution in [0.4, 0.5) is 13.2 Å². The van der Waals surface area contributed by atoms with E-state index in [9.17, 15) is 13.2 Å². The summed E-state index contributed by atoms with van der Waals surface area (Å²) in [4.78, 5) is 0. The predicted octanol–water partition coefficient (Wildman–Crippen LogP) is 2.92. The quantitative estimate of drug-likeness (QED) is 0.840. The van der Waals surface area contributed by atoms with E-state index >= 15 is 0 Å². The summed E-state index contributed by atoms with van der Waals surface area (Å²) in [5.74, 6) is 0.164. The van der Waals surface area contributed by atoms with Gasteiger partial charge in [-0.3, -0.25) is 0 Å². The maximum atomic E-state index is 12.9. The normalized spacial score (nSPS) is 14.9. The molecular formula is C14H20F3NO2. The number of alkyl halides is 3. The Labute approximate surface area is 116 Å². The Morgan fingerprint density at radius 3 is 2.25 bits per heavy atom. The van der Waals surface area contributed by atoms with Crippen molar-refractivity contribution in [2.75, 3.05) is 13.7 Å². The van der Waals surface area contributed by atoms with E-state index in [4.69, 9.17) is 15.2 Å². The molecule has 20 heavy (non-hydrogen) atoms. The highest BCUT2D eigenvalue weighted by molar-refractivity contribution is 5.27. The molecule has 0 bridgehead atoms. The third-order valence-electron chi connectivity index (χ3n) is 2.96. The number of halogens is 3. The van der Waals surface area contributed by atoms with Gasteiger partial charge in [0, 0.05) is 7.11 Å². The van der Waals surface area contributed by atoms with Crippen LogP contribution in [-0.4, -0.2) is 32.0 Å². The van der Waals surface area contributed by atoms with Crippen LogP contribution in [0.25, 0.3) is 0 Å². The van der Waals surface area contributed by atoms with Crippen molar-refractivity contribution in [3.8, 4) is 5.75 Å². The summed E-state index contributed by atoms with van der Waals surface area (Å²) in [5.41, 5.74) is 6.46. The molecule has 0 aliphatic heterocycles. The van der Waals surface area contributed by atoms with Gasteiger partial charge < -0.3 is 15.2 Å². The van der Waals surface area contributed by atoms with Gasteiger partial charge in [0.25, 0.3) is 0 Å². The third kappa shape index (κ3) is 5.02. The van der Waals surface area contributed by atoms with Gasteiger partial charge in [-0.15, -0.1) is 0 Å². The number of ether oxygens (including phenoxy) is 2. The number of benzene rings is 1. The van der Waals surface area contributed by atoms with Crippen molar-refractivity contribution in [1.29, 1.82) is 0 Å². The Balaban J connectivity index is 2.74. The van der Waals surface area contributed by atoms with Gasteiger partial charge in [0.05, 0.1) is 12.6 Å². The predicted molar refractivity (Wildman–Crippen MR) is 70.8 cm³/mol. The van der Waals surface area contributed by atoms with Crippen molar-refractivity contribution in [2.45, 2.75) is 38.1 Å². The molecule has 0 aliphatic carbocycles. The molecule has 0 aromatic heterocycles. The van der Waals surface area contributed by atoms with E-state index in [-0.39, 0.29) is 12.2 Å². The van der Waals surface area contributed by atoms with Gasteiger partial charge in [0.15, 0.2) is 0 Å². The van der Waals surface area contributed by atoms with Crippen LogP contribution in [0, 0.1) is 0 Å². The molecule has 0 fully saturated rings. The van der Waals surface area contributed by atoms with Crippen LogP contribution in [0.2, 0.25) is 0 Å². The lowest BCUT2D eigenvalue weighted by Gasteiger charge is -2.26. The second-order valence-corrected chi connectivity index (χ2v) is 4.54. The number of hydrogen-bond donors (Lipinski definition) is 1. The molecule has 6 heteroatoms. The number of hydrogen-bond acceptors (Lipinski definition) is 3. The zero-order valence-corrected chi connectivity index (χ0v) is 11.6. The van der Waals surface area contributed by atoms with Crippen LogP contribution in [-0.2, 0) is 11.2 Å². The summed E-state index contributed by atoms with van der Waals surface area (Å²) >= 11 is 0. The monoisotopic (exact) mass is 291 g/mol. The van der Waals surface area contributed by atoms with Gasteiger partial charge in [-0.05, 0) is 30.5 Å². The van der Waals surface area contributed by atoms with Crippen molar-refractivity contribution < 1.29 is 22.6 Å². The molecule has 114 valence electrons. The van der Waals surface area contributed by atoms with Crippen LogP contribution >= 0.6 is 0 Å². The first-order chi connectivity index (χ1) is 9.38. The van der Waals surface area contributed by atoms with Gasteiger partial charge in [-0.25, -0.2) is 0 Å². The van der Waals surface area contributed by atoms with E-state index in [1.165, 1.54) is 12.1 Å². The van der Waals surface area contributed by atoms with Crippen LogP contribution < -0.4 is 10.5 Å². The maximum Gasteiger partial charge on any atom is 0.426 e. The molecule has 2 N–H and O–H groups in total. The summed E-state index contributed by atoms with van der Waals surface area (Å²) in [6.45, 7) is 2.16. The van der Waals surface area contributed by atoms with Gasteiger partial charge in [-0.1, -0.05) is 19.1 Å². The van der Waals surface area contributed by atoms with E-state index in [1.807, 2.05) is 0 Å². The molecule has 0 amide bonds. The SMILES string of the molecule is CCC(N)C(Oc1ccc(CCOC)cc1)C(F)(F)F. The minimum atomic E-state index is -4.48. The average Bonchev–Trinajstić information content (AvgIpc) is 2.41. The minimum absolute atomic E-state index is 0.164. The molecule has 2 unspecified atom stereocenters. The van der Waals surface area contributed by atoms with Crippen LogP contribution in [0.15, 0.2) is 24.3 Å². The largest absolute Gasteiger partial charge is 0.479 e. The molecule has 0 radical (unpaired) electrons. The van der Waals surface area contributed by atoms with E-state index in [1.54, 1.807) is 26.2 Å². The van der Waals surface area contributed by atoms with E-state index < -0.39 is 18.3 Å². The number of nitrogens with two attached hydrogens (primary N) is 1. The summed E-state index contributed by atoms with van der Waals surface area (Å²) < 4.78 is 48.5. The smallest absolute Gasteiger partial charge is 0.426 e. The summed E-state index contributed by atoms with van der Waals surface area (Å²) in [6.07, 6.45) is -5.58. The first kappa shape index (κ1) is 16.8. The molecule has 0 heterocycles. The van der Waals surface area contributed by atoms with Crippen molar-refractivity contribution in [1.82, 2.24) is 0 Å².